The number of amides is 1. The second-order valence-electron chi connectivity index (χ2n) is 7.68. The van der Waals surface area contributed by atoms with Crippen LogP contribution in [0.25, 0.3) is 0 Å². The zero-order valence-corrected chi connectivity index (χ0v) is 18.2. The van der Waals surface area contributed by atoms with Crippen molar-refractivity contribution in [3.05, 3.63) is 71.5 Å². The standard InChI is InChI=1S/C22H27FNO6P/c1-17(18-9-11-20(23)12-10-18)24-15-5-13-22(30-21(24)25,19-7-3-2-4-8-19)14-6-16-29-31(26,27)28/h2-4,7-12,17H,5-6,13-16H2,1H3,(H2,26,27,28). The lowest BCUT2D eigenvalue weighted by atomic mass is 9.85. The number of benzene rings is 2. The molecular formula is C22H27FNO6P. The zero-order chi connectivity index (χ0) is 22.5. The van der Waals surface area contributed by atoms with Gasteiger partial charge < -0.3 is 19.4 Å². The smallest absolute Gasteiger partial charge is 0.438 e. The molecule has 0 spiro atoms. The molecule has 2 aromatic rings. The number of rotatable bonds is 8. The third kappa shape index (κ3) is 6.14. The van der Waals surface area contributed by atoms with E-state index < -0.39 is 19.5 Å². The maximum atomic E-state index is 13.3. The Morgan fingerprint density at radius 2 is 1.87 bits per heavy atom. The van der Waals surface area contributed by atoms with Gasteiger partial charge in [0.25, 0.3) is 0 Å². The Morgan fingerprint density at radius 3 is 2.52 bits per heavy atom. The third-order valence-electron chi connectivity index (χ3n) is 5.60. The van der Waals surface area contributed by atoms with E-state index in [0.717, 1.165) is 11.1 Å². The van der Waals surface area contributed by atoms with Gasteiger partial charge in [-0.1, -0.05) is 42.5 Å². The van der Waals surface area contributed by atoms with E-state index in [9.17, 15) is 13.8 Å². The first-order valence-electron chi connectivity index (χ1n) is 10.2. The Labute approximate surface area is 181 Å². The molecular weight excluding hydrogens is 424 g/mol. The highest BCUT2D eigenvalue weighted by Crippen LogP contribution is 2.41. The number of phosphoric acid groups is 1. The molecule has 2 aromatic carbocycles. The van der Waals surface area contributed by atoms with Crippen LogP contribution in [0.4, 0.5) is 9.18 Å². The average molecular weight is 451 g/mol. The number of nitrogens with zero attached hydrogens (tertiary/aromatic N) is 1. The number of phosphoric ester groups is 1. The van der Waals surface area contributed by atoms with E-state index in [0.29, 0.717) is 32.2 Å². The highest BCUT2D eigenvalue weighted by molar-refractivity contribution is 7.46. The van der Waals surface area contributed by atoms with Gasteiger partial charge >= 0.3 is 13.9 Å². The first-order chi connectivity index (χ1) is 14.7. The molecule has 0 aliphatic carbocycles. The van der Waals surface area contributed by atoms with Crippen LogP contribution in [0, 0.1) is 5.82 Å². The normalized spacial score (nSPS) is 20.8. The lowest BCUT2D eigenvalue weighted by Crippen LogP contribution is -2.37. The largest absolute Gasteiger partial charge is 0.469 e. The van der Waals surface area contributed by atoms with Crippen molar-refractivity contribution in [2.45, 2.75) is 44.2 Å². The van der Waals surface area contributed by atoms with Gasteiger partial charge in [0.1, 0.15) is 11.4 Å². The number of cyclic esters (lactones) is 1. The first-order valence-corrected chi connectivity index (χ1v) is 11.7. The summed E-state index contributed by atoms with van der Waals surface area (Å²) in [5.41, 5.74) is 0.713. The van der Waals surface area contributed by atoms with Crippen LogP contribution in [-0.4, -0.2) is 33.9 Å². The van der Waals surface area contributed by atoms with E-state index in [1.165, 1.54) is 12.1 Å². The summed E-state index contributed by atoms with van der Waals surface area (Å²) in [5, 5.41) is 0. The number of ether oxygens (including phenoxy) is 1. The molecule has 31 heavy (non-hydrogen) atoms. The summed E-state index contributed by atoms with van der Waals surface area (Å²) in [5.74, 6) is -0.338. The van der Waals surface area contributed by atoms with Crippen LogP contribution in [0.15, 0.2) is 54.6 Å². The molecule has 1 fully saturated rings. The van der Waals surface area contributed by atoms with E-state index in [2.05, 4.69) is 4.52 Å². The molecule has 1 heterocycles. The molecule has 1 aliphatic rings. The van der Waals surface area contributed by atoms with Crippen LogP contribution in [0.1, 0.15) is 49.8 Å². The van der Waals surface area contributed by atoms with Gasteiger partial charge in [-0.05, 0) is 55.9 Å². The fraction of sp³-hybridized carbons (Fsp3) is 0.409. The molecule has 1 amide bonds. The van der Waals surface area contributed by atoms with Gasteiger partial charge in [0.05, 0.1) is 12.6 Å². The van der Waals surface area contributed by atoms with Gasteiger partial charge in [-0.3, -0.25) is 4.52 Å². The molecule has 1 saturated heterocycles. The van der Waals surface area contributed by atoms with Crippen molar-refractivity contribution < 1.29 is 32.8 Å². The highest BCUT2D eigenvalue weighted by atomic mass is 31.2. The summed E-state index contributed by atoms with van der Waals surface area (Å²) in [6.45, 7) is 2.20. The lowest BCUT2D eigenvalue weighted by Gasteiger charge is -2.34. The summed E-state index contributed by atoms with van der Waals surface area (Å²) in [6, 6.07) is 15.1. The summed E-state index contributed by atoms with van der Waals surface area (Å²) in [7, 11) is -4.55. The van der Waals surface area contributed by atoms with Gasteiger partial charge in [0, 0.05) is 6.54 Å². The molecule has 7 nitrogen and oxygen atoms in total. The second kappa shape index (κ2) is 9.92. The van der Waals surface area contributed by atoms with Crippen molar-refractivity contribution in [3.8, 4) is 0 Å². The summed E-state index contributed by atoms with van der Waals surface area (Å²) < 4.78 is 34.9. The SMILES string of the molecule is CC(c1ccc(F)cc1)N1CCCC(CCCOP(=O)(O)O)(c2ccccc2)OC1=O. The van der Waals surface area contributed by atoms with Crippen LogP contribution in [-0.2, 0) is 19.4 Å². The van der Waals surface area contributed by atoms with E-state index in [4.69, 9.17) is 14.5 Å². The van der Waals surface area contributed by atoms with Crippen LogP contribution in [0.2, 0.25) is 0 Å². The molecule has 0 radical (unpaired) electrons. The maximum absolute atomic E-state index is 13.3. The monoisotopic (exact) mass is 451 g/mol. The molecule has 9 heteroatoms. The number of carbonyl (C=O) groups excluding carboxylic acids is 1. The maximum Gasteiger partial charge on any atom is 0.469 e. The van der Waals surface area contributed by atoms with E-state index >= 15 is 0 Å². The fourth-order valence-corrected chi connectivity index (χ4v) is 4.35. The minimum absolute atomic E-state index is 0.147. The van der Waals surface area contributed by atoms with Crippen molar-refractivity contribution in [1.82, 2.24) is 4.90 Å². The summed E-state index contributed by atoms with van der Waals surface area (Å²) in [4.78, 5) is 32.6. The summed E-state index contributed by atoms with van der Waals surface area (Å²) in [6.07, 6.45) is 1.42. The van der Waals surface area contributed by atoms with Crippen LogP contribution in [0.5, 0.6) is 0 Å². The van der Waals surface area contributed by atoms with Gasteiger partial charge in [-0.15, -0.1) is 0 Å². The molecule has 0 bridgehead atoms. The Kier molecular flexibility index (Phi) is 7.49. The molecule has 0 saturated carbocycles. The van der Waals surface area contributed by atoms with E-state index in [-0.39, 0.29) is 18.5 Å². The van der Waals surface area contributed by atoms with Crippen LogP contribution < -0.4 is 0 Å². The molecule has 3 rings (SSSR count). The molecule has 1 aliphatic heterocycles. The first kappa shape index (κ1) is 23.4. The predicted molar refractivity (Wildman–Crippen MR) is 113 cm³/mol. The highest BCUT2D eigenvalue weighted by Gasteiger charge is 2.40. The minimum atomic E-state index is -4.55. The Balaban J connectivity index is 1.80. The molecule has 2 N–H and O–H groups in total. The Bertz CT molecular complexity index is 919. The number of carbonyl (C=O) groups is 1. The van der Waals surface area contributed by atoms with Crippen molar-refractivity contribution in [1.29, 1.82) is 0 Å². The van der Waals surface area contributed by atoms with Crippen molar-refractivity contribution in [3.63, 3.8) is 0 Å². The third-order valence-corrected chi connectivity index (χ3v) is 6.12. The van der Waals surface area contributed by atoms with Crippen LogP contribution >= 0.6 is 7.82 Å². The van der Waals surface area contributed by atoms with Gasteiger partial charge in [0.2, 0.25) is 0 Å². The fourth-order valence-electron chi connectivity index (χ4n) is 3.98. The lowest BCUT2D eigenvalue weighted by molar-refractivity contribution is -0.0181. The number of halogens is 1. The average Bonchev–Trinajstić information content (AvgIpc) is 2.90. The van der Waals surface area contributed by atoms with Crippen molar-refractivity contribution in [2.75, 3.05) is 13.2 Å². The Hall–Kier alpha value is -2.25. The van der Waals surface area contributed by atoms with Crippen LogP contribution in [0.3, 0.4) is 0 Å². The van der Waals surface area contributed by atoms with Crippen molar-refractivity contribution >= 4 is 13.9 Å². The molecule has 168 valence electrons. The topological polar surface area (TPSA) is 96.3 Å². The second-order valence-corrected chi connectivity index (χ2v) is 8.92. The van der Waals surface area contributed by atoms with Crippen molar-refractivity contribution in [2.24, 2.45) is 0 Å². The van der Waals surface area contributed by atoms with E-state index in [1.54, 1.807) is 17.0 Å². The zero-order valence-electron chi connectivity index (χ0n) is 17.3. The molecule has 2 atom stereocenters. The minimum Gasteiger partial charge on any atom is -0.438 e. The van der Waals surface area contributed by atoms with Gasteiger partial charge in [0.15, 0.2) is 0 Å². The number of hydrogen-bond donors (Lipinski definition) is 2. The molecule has 2 unspecified atom stereocenters. The number of hydrogen-bond acceptors (Lipinski definition) is 4. The molecule has 0 aromatic heterocycles. The summed E-state index contributed by atoms with van der Waals surface area (Å²) >= 11 is 0. The van der Waals surface area contributed by atoms with Gasteiger partial charge in [-0.2, -0.15) is 0 Å². The Morgan fingerprint density at radius 1 is 1.19 bits per heavy atom. The quantitative estimate of drug-likeness (QED) is 0.438. The van der Waals surface area contributed by atoms with Gasteiger partial charge in [-0.25, -0.2) is 13.8 Å². The van der Waals surface area contributed by atoms with E-state index in [1.807, 2.05) is 37.3 Å². The predicted octanol–water partition coefficient (Wildman–Crippen LogP) is 4.90.